The van der Waals surface area contributed by atoms with Gasteiger partial charge >= 0.3 is 12.1 Å². The molecule has 5 N–H and O–H groups in total. The van der Waals surface area contributed by atoms with Gasteiger partial charge in [0.15, 0.2) is 5.88 Å². The van der Waals surface area contributed by atoms with Crippen LogP contribution in [-0.4, -0.2) is 83.0 Å². The zero-order valence-electron chi connectivity index (χ0n) is 23.3. The second-order valence-electron chi connectivity index (χ2n) is 9.81. The Morgan fingerprint density at radius 1 is 0.929 bits per heavy atom. The number of carbonyl (C=O) groups is 2. The van der Waals surface area contributed by atoms with Crippen molar-refractivity contribution in [2.24, 2.45) is 10.7 Å². The minimum absolute atomic E-state index is 0.0104. The Balaban J connectivity index is 0.000000616. The number of primary amides is 1. The lowest BCUT2D eigenvalue weighted by Crippen LogP contribution is -2.28. The van der Waals surface area contributed by atoms with Crippen LogP contribution >= 0.6 is 0 Å². The van der Waals surface area contributed by atoms with Gasteiger partial charge in [0.1, 0.15) is 0 Å². The number of nitrogens with zero attached hydrogens (tertiary/aromatic N) is 3. The van der Waals surface area contributed by atoms with Gasteiger partial charge in [-0.25, -0.2) is 9.79 Å². The number of alkyl halides is 3. The van der Waals surface area contributed by atoms with Crippen LogP contribution in [0.5, 0.6) is 5.88 Å². The highest BCUT2D eigenvalue weighted by Gasteiger charge is 2.38. The van der Waals surface area contributed by atoms with Gasteiger partial charge in [0.2, 0.25) is 5.91 Å². The summed E-state index contributed by atoms with van der Waals surface area (Å²) in [4.78, 5) is 33.0. The molecule has 12 heteroatoms. The first-order valence-electron chi connectivity index (χ1n) is 12.8. The number of carboxylic acids is 1. The molecule has 222 valence electrons. The number of hydrogen-bond acceptors (Lipinski definition) is 6. The van der Waals surface area contributed by atoms with Gasteiger partial charge < -0.3 is 30.7 Å². The topological polar surface area (TPSA) is 135 Å². The van der Waals surface area contributed by atoms with E-state index in [9.17, 15) is 23.1 Å². The van der Waals surface area contributed by atoms with E-state index in [2.05, 4.69) is 48.1 Å². The van der Waals surface area contributed by atoms with Crippen molar-refractivity contribution in [2.45, 2.75) is 12.7 Å². The maximum atomic E-state index is 11.6. The SMILES string of the molecule is CN(C)CCN(C)Cc1cccc(N=C(c2ccccc2)c2c(O)[nH]c3cc(C(N)=O)ccc23)c1.O=C(O)C(F)(F)F. The number of aliphatic carboxylic acids is 1. The summed E-state index contributed by atoms with van der Waals surface area (Å²) in [5, 5.41) is 18.8. The second kappa shape index (κ2) is 13.8. The molecule has 4 aromatic rings. The summed E-state index contributed by atoms with van der Waals surface area (Å²) in [5.74, 6) is -3.29. The molecule has 4 rings (SSSR count). The number of fused-ring (bicyclic) bond motifs is 1. The van der Waals surface area contributed by atoms with Crippen molar-refractivity contribution in [3.05, 3.63) is 95.1 Å². The number of carbonyl (C=O) groups excluding carboxylic acids is 1. The molecule has 0 bridgehead atoms. The average Bonchev–Trinajstić information content (AvgIpc) is 3.25. The first-order chi connectivity index (χ1) is 19.8. The van der Waals surface area contributed by atoms with Crippen molar-refractivity contribution in [3.8, 4) is 5.88 Å². The number of carboxylic acid groups (broad SMARTS) is 1. The summed E-state index contributed by atoms with van der Waals surface area (Å²) in [6.07, 6.45) is -5.08. The van der Waals surface area contributed by atoms with Crippen LogP contribution in [0.2, 0.25) is 0 Å². The molecule has 1 aromatic heterocycles. The summed E-state index contributed by atoms with van der Waals surface area (Å²) in [6, 6.07) is 23.0. The molecule has 0 fully saturated rings. The van der Waals surface area contributed by atoms with Gasteiger partial charge in [-0.1, -0.05) is 48.5 Å². The van der Waals surface area contributed by atoms with Crippen molar-refractivity contribution in [3.63, 3.8) is 0 Å². The number of halogens is 3. The van der Waals surface area contributed by atoms with E-state index in [1.807, 2.05) is 42.5 Å². The zero-order valence-corrected chi connectivity index (χ0v) is 23.3. The third kappa shape index (κ3) is 8.66. The van der Waals surface area contributed by atoms with Crippen LogP contribution in [0.25, 0.3) is 10.9 Å². The van der Waals surface area contributed by atoms with Gasteiger partial charge in [-0.3, -0.25) is 4.79 Å². The number of nitrogens with two attached hydrogens (primary N) is 1. The highest BCUT2D eigenvalue weighted by atomic mass is 19.4. The Labute approximate surface area is 240 Å². The van der Waals surface area contributed by atoms with Crippen molar-refractivity contribution < 1.29 is 33.0 Å². The van der Waals surface area contributed by atoms with Crippen LogP contribution in [0.4, 0.5) is 18.9 Å². The molecule has 9 nitrogen and oxygen atoms in total. The molecule has 0 atom stereocenters. The third-order valence-electron chi connectivity index (χ3n) is 6.12. The maximum absolute atomic E-state index is 11.6. The number of aromatic hydroxyl groups is 1. The van der Waals surface area contributed by atoms with E-state index in [0.717, 1.165) is 41.8 Å². The summed E-state index contributed by atoms with van der Waals surface area (Å²) in [5.41, 5.74) is 10.5. The molecule has 3 aromatic carbocycles. The van der Waals surface area contributed by atoms with E-state index in [1.165, 1.54) is 0 Å². The van der Waals surface area contributed by atoms with Gasteiger partial charge in [0.05, 0.1) is 17.0 Å². The molecule has 0 unspecified atom stereocenters. The fourth-order valence-corrected chi connectivity index (χ4v) is 4.05. The summed E-state index contributed by atoms with van der Waals surface area (Å²) < 4.78 is 31.7. The minimum atomic E-state index is -5.08. The number of benzene rings is 3. The number of nitrogens with one attached hydrogen (secondary N) is 1. The molecule has 1 amide bonds. The van der Waals surface area contributed by atoms with Crippen molar-refractivity contribution in [1.82, 2.24) is 14.8 Å². The summed E-state index contributed by atoms with van der Waals surface area (Å²) in [7, 11) is 6.26. The fourth-order valence-electron chi connectivity index (χ4n) is 4.05. The van der Waals surface area contributed by atoms with Crippen LogP contribution in [0.3, 0.4) is 0 Å². The molecule has 0 aliphatic heterocycles. The molecular weight excluding hydrogens is 551 g/mol. The lowest BCUT2D eigenvalue weighted by molar-refractivity contribution is -0.192. The van der Waals surface area contributed by atoms with Crippen LogP contribution < -0.4 is 5.73 Å². The molecule has 0 spiro atoms. The molecule has 1 heterocycles. The third-order valence-corrected chi connectivity index (χ3v) is 6.12. The number of likely N-dealkylation sites (N-methyl/N-ethyl adjacent to an activating group) is 2. The Bertz CT molecular complexity index is 1570. The summed E-state index contributed by atoms with van der Waals surface area (Å²) >= 11 is 0. The van der Waals surface area contributed by atoms with Gasteiger partial charge in [0.25, 0.3) is 0 Å². The molecule has 0 saturated heterocycles. The van der Waals surface area contributed by atoms with Gasteiger partial charge in [-0.2, -0.15) is 13.2 Å². The van der Waals surface area contributed by atoms with Crippen LogP contribution in [0.15, 0.2) is 77.8 Å². The van der Waals surface area contributed by atoms with Crippen LogP contribution in [-0.2, 0) is 11.3 Å². The van der Waals surface area contributed by atoms with E-state index < -0.39 is 18.1 Å². The maximum Gasteiger partial charge on any atom is 0.490 e. The number of hydrogen-bond donors (Lipinski definition) is 4. The van der Waals surface area contributed by atoms with E-state index >= 15 is 0 Å². The van der Waals surface area contributed by atoms with Crippen molar-refractivity contribution in [2.75, 3.05) is 34.2 Å². The van der Waals surface area contributed by atoms with Crippen LogP contribution in [0, 0.1) is 0 Å². The first kappa shape index (κ1) is 31.8. The Morgan fingerprint density at radius 2 is 1.60 bits per heavy atom. The van der Waals surface area contributed by atoms with Crippen molar-refractivity contribution >= 4 is 34.2 Å². The number of aliphatic imine (C=N–C) groups is 1. The minimum Gasteiger partial charge on any atom is -0.494 e. The standard InChI is InChI=1S/C28H31N5O2.C2HF3O2/c1-32(2)14-15-33(3)18-19-8-7-11-22(16-19)30-26(20-9-5-4-6-10-20)25-23-13-12-21(27(29)34)17-24(23)31-28(25)35;3-2(4,5)1(6)7/h4-13,16-17,31,35H,14-15,18H2,1-3H3,(H2,29,34);(H,6,7). The van der Waals surface area contributed by atoms with E-state index in [0.29, 0.717) is 22.4 Å². The normalized spacial score (nSPS) is 12.0. The highest BCUT2D eigenvalue weighted by Crippen LogP contribution is 2.32. The Hall–Kier alpha value is -4.68. The average molecular weight is 584 g/mol. The number of amides is 1. The molecule has 42 heavy (non-hydrogen) atoms. The zero-order chi connectivity index (χ0) is 31.0. The Morgan fingerprint density at radius 3 is 2.19 bits per heavy atom. The van der Waals surface area contributed by atoms with Crippen LogP contribution in [0.1, 0.15) is 27.0 Å². The fraction of sp³-hybridized carbons (Fsp3) is 0.233. The predicted octanol–water partition coefficient (Wildman–Crippen LogP) is 4.77. The van der Waals surface area contributed by atoms with E-state index in [1.54, 1.807) is 18.2 Å². The number of aromatic amines is 1. The summed E-state index contributed by atoms with van der Waals surface area (Å²) in [6.45, 7) is 2.77. The molecule has 0 aliphatic rings. The van der Waals surface area contributed by atoms with E-state index in [4.69, 9.17) is 20.6 Å². The lowest BCUT2D eigenvalue weighted by atomic mass is 10.00. The Kier molecular flexibility index (Phi) is 10.5. The second-order valence-corrected chi connectivity index (χ2v) is 9.81. The molecule has 0 aliphatic carbocycles. The first-order valence-corrected chi connectivity index (χ1v) is 12.8. The monoisotopic (exact) mass is 583 g/mol. The molecule has 0 saturated carbocycles. The van der Waals surface area contributed by atoms with Gasteiger partial charge in [-0.15, -0.1) is 0 Å². The molecular formula is C30H32F3N5O4. The number of H-pyrrole nitrogens is 1. The van der Waals surface area contributed by atoms with Crippen molar-refractivity contribution in [1.29, 1.82) is 0 Å². The quantitative estimate of drug-likeness (QED) is 0.210. The predicted molar refractivity (Wildman–Crippen MR) is 155 cm³/mol. The van der Waals surface area contributed by atoms with Gasteiger partial charge in [-0.05, 0) is 51.0 Å². The lowest BCUT2D eigenvalue weighted by Gasteiger charge is -2.19. The number of aromatic nitrogens is 1. The highest BCUT2D eigenvalue weighted by molar-refractivity contribution is 6.22. The van der Waals surface area contributed by atoms with E-state index in [-0.39, 0.29) is 5.88 Å². The largest absolute Gasteiger partial charge is 0.494 e. The smallest absolute Gasteiger partial charge is 0.490 e. The number of rotatable bonds is 9. The molecule has 0 radical (unpaired) electrons. The van der Waals surface area contributed by atoms with Gasteiger partial charge in [0, 0.05) is 41.7 Å².